The second-order valence-corrected chi connectivity index (χ2v) is 7.48. The number of methoxy groups -OCH3 is 1. The number of anilines is 2. The van der Waals surface area contributed by atoms with Gasteiger partial charge in [0.15, 0.2) is 0 Å². The molecule has 1 amide bonds. The van der Waals surface area contributed by atoms with Crippen LogP contribution in [0.1, 0.15) is 34.5 Å². The molecule has 3 aromatic rings. The van der Waals surface area contributed by atoms with Crippen LogP contribution in [0.4, 0.5) is 11.4 Å². The van der Waals surface area contributed by atoms with Gasteiger partial charge in [0.25, 0.3) is 0 Å². The molecule has 0 aliphatic rings. The molecule has 0 saturated carbocycles. The van der Waals surface area contributed by atoms with E-state index < -0.39 is 5.97 Å². The van der Waals surface area contributed by atoms with E-state index in [1.165, 1.54) is 7.11 Å². The maximum Gasteiger partial charge on any atom is 0.339 e. The number of pyridine rings is 1. The third-order valence-corrected chi connectivity index (χ3v) is 5.59. The Morgan fingerprint density at radius 1 is 1.18 bits per heavy atom. The van der Waals surface area contributed by atoms with Crippen LogP contribution >= 0.6 is 11.3 Å². The van der Waals surface area contributed by atoms with Crippen LogP contribution in [0.5, 0.6) is 0 Å². The fourth-order valence-electron chi connectivity index (χ4n) is 2.77. The van der Waals surface area contributed by atoms with E-state index in [2.05, 4.69) is 10.3 Å². The van der Waals surface area contributed by atoms with Gasteiger partial charge in [-0.3, -0.25) is 9.78 Å². The van der Waals surface area contributed by atoms with Gasteiger partial charge in [-0.15, -0.1) is 11.3 Å². The van der Waals surface area contributed by atoms with Crippen molar-refractivity contribution in [1.29, 1.82) is 0 Å². The number of nitrogen functional groups attached to an aromatic ring is 1. The lowest BCUT2D eigenvalue weighted by Gasteiger charge is -2.12. The minimum atomic E-state index is -0.483. The minimum absolute atomic E-state index is 0.0258. The van der Waals surface area contributed by atoms with Crippen LogP contribution in [-0.4, -0.2) is 24.0 Å². The third-order valence-electron chi connectivity index (χ3n) is 4.25. The normalized spacial score (nSPS) is 11.6. The van der Waals surface area contributed by atoms with E-state index in [4.69, 9.17) is 10.5 Å². The van der Waals surface area contributed by atoms with Gasteiger partial charge in [0.05, 0.1) is 40.8 Å². The second kappa shape index (κ2) is 8.67. The van der Waals surface area contributed by atoms with Crippen LogP contribution in [-0.2, 0) is 9.53 Å². The molecule has 1 atom stereocenters. The summed E-state index contributed by atoms with van der Waals surface area (Å²) in [6.45, 7) is 2.00. The van der Waals surface area contributed by atoms with Crippen molar-refractivity contribution in [2.45, 2.75) is 19.3 Å². The second-order valence-electron chi connectivity index (χ2n) is 6.37. The molecule has 3 N–H and O–H groups in total. The zero-order chi connectivity index (χ0) is 20.1. The Kier molecular flexibility index (Phi) is 6.06. The Hall–Kier alpha value is -3.19. The van der Waals surface area contributed by atoms with Gasteiger partial charge in [-0.25, -0.2) is 4.79 Å². The number of rotatable bonds is 6. The van der Waals surface area contributed by atoms with Gasteiger partial charge in [0.2, 0.25) is 5.91 Å². The predicted molar refractivity (Wildman–Crippen MR) is 111 cm³/mol. The number of carbonyl (C=O) groups is 2. The summed E-state index contributed by atoms with van der Waals surface area (Å²) < 4.78 is 4.76. The van der Waals surface area contributed by atoms with E-state index in [9.17, 15) is 9.59 Å². The maximum absolute atomic E-state index is 12.5. The van der Waals surface area contributed by atoms with Gasteiger partial charge >= 0.3 is 5.97 Å². The smallest absolute Gasteiger partial charge is 0.339 e. The summed E-state index contributed by atoms with van der Waals surface area (Å²) in [5.74, 6) is -0.620. The number of benzene rings is 1. The molecule has 144 valence electrons. The maximum atomic E-state index is 12.5. The van der Waals surface area contributed by atoms with E-state index in [1.807, 2.05) is 31.2 Å². The number of ether oxygens (including phenoxy) is 1. The summed E-state index contributed by atoms with van der Waals surface area (Å²) in [7, 11) is 1.31. The number of esters is 1. The van der Waals surface area contributed by atoms with E-state index in [-0.39, 0.29) is 11.8 Å². The van der Waals surface area contributed by atoms with E-state index >= 15 is 0 Å². The molecule has 0 bridgehead atoms. The Labute approximate surface area is 167 Å². The van der Waals surface area contributed by atoms with Crippen molar-refractivity contribution in [2.24, 2.45) is 0 Å². The summed E-state index contributed by atoms with van der Waals surface area (Å²) in [4.78, 5) is 30.8. The topological polar surface area (TPSA) is 94.3 Å². The lowest BCUT2D eigenvalue weighted by molar-refractivity contribution is -0.116. The van der Waals surface area contributed by atoms with Gasteiger partial charge in [-0.2, -0.15) is 0 Å². The van der Waals surface area contributed by atoms with Crippen LogP contribution < -0.4 is 11.1 Å². The van der Waals surface area contributed by atoms with Gasteiger partial charge in [0.1, 0.15) is 0 Å². The van der Waals surface area contributed by atoms with Crippen molar-refractivity contribution >= 4 is 34.6 Å². The zero-order valence-electron chi connectivity index (χ0n) is 15.6. The minimum Gasteiger partial charge on any atom is -0.465 e. The number of hydrogen-bond acceptors (Lipinski definition) is 6. The molecule has 1 unspecified atom stereocenters. The number of aromatic nitrogens is 1. The molecule has 6 nitrogen and oxygen atoms in total. The van der Waals surface area contributed by atoms with Crippen LogP contribution in [0, 0.1) is 0 Å². The molecule has 0 aliphatic heterocycles. The number of carbonyl (C=O) groups excluding carboxylic acids is 2. The Bertz CT molecular complexity index is 983. The van der Waals surface area contributed by atoms with Crippen LogP contribution in [0.15, 0.2) is 54.7 Å². The molecular weight excluding hydrogens is 374 g/mol. The molecule has 0 radical (unpaired) electrons. The first-order valence-corrected chi connectivity index (χ1v) is 9.58. The Morgan fingerprint density at radius 2 is 1.96 bits per heavy atom. The molecule has 2 heterocycles. The highest BCUT2D eigenvalue weighted by Crippen LogP contribution is 2.33. The highest BCUT2D eigenvalue weighted by atomic mass is 32.1. The molecule has 3 rings (SSSR count). The average molecular weight is 395 g/mol. The molecule has 0 aliphatic carbocycles. The molecular formula is C21H21N3O3S. The SMILES string of the molecule is COC(=O)c1ccccc1NC(=O)CC(C)c1ccc(-c2ccc(N)cn2)s1. The van der Waals surface area contributed by atoms with Crippen molar-refractivity contribution in [3.05, 3.63) is 65.2 Å². The fourth-order valence-corrected chi connectivity index (χ4v) is 3.80. The lowest BCUT2D eigenvalue weighted by Crippen LogP contribution is -2.16. The summed E-state index contributed by atoms with van der Waals surface area (Å²) in [6, 6.07) is 14.5. The standard InChI is InChI=1S/C21H21N3O3S/c1-13(18-9-10-19(28-18)17-8-7-14(22)12-23-17)11-20(25)24-16-6-4-3-5-15(16)21(26)27-2/h3-10,12-13H,11,22H2,1-2H3,(H,24,25). The molecule has 7 heteroatoms. The zero-order valence-corrected chi connectivity index (χ0v) is 16.5. The Morgan fingerprint density at radius 3 is 2.68 bits per heavy atom. The number of nitrogens with two attached hydrogens (primary N) is 1. The summed E-state index contributed by atoms with van der Waals surface area (Å²) in [5.41, 5.74) is 7.94. The lowest BCUT2D eigenvalue weighted by atomic mass is 10.1. The van der Waals surface area contributed by atoms with Gasteiger partial charge in [-0.1, -0.05) is 19.1 Å². The first-order chi connectivity index (χ1) is 13.5. The van der Waals surface area contributed by atoms with Crippen molar-refractivity contribution in [1.82, 2.24) is 4.98 Å². The molecule has 1 aromatic carbocycles. The van der Waals surface area contributed by atoms with E-state index in [1.54, 1.807) is 41.8 Å². The number of thiophene rings is 1. The van der Waals surface area contributed by atoms with Gasteiger partial charge < -0.3 is 15.8 Å². The highest BCUT2D eigenvalue weighted by Gasteiger charge is 2.17. The van der Waals surface area contributed by atoms with Crippen molar-refractivity contribution in [3.8, 4) is 10.6 Å². The first-order valence-electron chi connectivity index (χ1n) is 8.76. The van der Waals surface area contributed by atoms with Crippen molar-refractivity contribution < 1.29 is 14.3 Å². The highest BCUT2D eigenvalue weighted by molar-refractivity contribution is 7.15. The number of nitrogens with one attached hydrogen (secondary N) is 1. The monoisotopic (exact) mass is 395 g/mol. The molecule has 0 fully saturated rings. The number of hydrogen-bond donors (Lipinski definition) is 2. The Balaban J connectivity index is 1.67. The predicted octanol–water partition coefficient (Wildman–Crippen LogP) is 4.31. The van der Waals surface area contributed by atoms with Crippen molar-refractivity contribution in [2.75, 3.05) is 18.2 Å². The third kappa shape index (κ3) is 4.55. The first kappa shape index (κ1) is 19.6. The van der Waals surface area contributed by atoms with E-state index in [0.29, 0.717) is 23.4 Å². The quantitative estimate of drug-likeness (QED) is 0.607. The molecule has 2 aromatic heterocycles. The van der Waals surface area contributed by atoms with Crippen LogP contribution in [0.2, 0.25) is 0 Å². The van der Waals surface area contributed by atoms with E-state index in [0.717, 1.165) is 15.4 Å². The fraction of sp³-hybridized carbons (Fsp3) is 0.190. The molecule has 0 saturated heterocycles. The summed E-state index contributed by atoms with van der Waals surface area (Å²) in [6.07, 6.45) is 1.93. The molecule has 0 spiro atoms. The van der Waals surface area contributed by atoms with Crippen molar-refractivity contribution in [3.63, 3.8) is 0 Å². The number of amides is 1. The number of nitrogens with zero attached hydrogens (tertiary/aromatic N) is 1. The largest absolute Gasteiger partial charge is 0.465 e. The average Bonchev–Trinajstić information content (AvgIpc) is 3.18. The van der Waals surface area contributed by atoms with Gasteiger partial charge in [-0.05, 0) is 42.3 Å². The van der Waals surface area contributed by atoms with Crippen LogP contribution in [0.3, 0.4) is 0 Å². The number of para-hydroxylation sites is 1. The van der Waals surface area contributed by atoms with Crippen LogP contribution in [0.25, 0.3) is 10.6 Å². The summed E-state index contributed by atoms with van der Waals surface area (Å²) in [5, 5.41) is 2.81. The van der Waals surface area contributed by atoms with Gasteiger partial charge in [0, 0.05) is 11.3 Å². The summed E-state index contributed by atoms with van der Waals surface area (Å²) >= 11 is 1.60. The molecule has 28 heavy (non-hydrogen) atoms.